The van der Waals surface area contributed by atoms with E-state index in [1.807, 2.05) is 50.2 Å². The van der Waals surface area contributed by atoms with E-state index in [0.29, 0.717) is 24.2 Å². The molecule has 2 aromatic rings. The summed E-state index contributed by atoms with van der Waals surface area (Å²) in [5.74, 6) is 2.03. The van der Waals surface area contributed by atoms with Crippen molar-refractivity contribution >= 4 is 20.3 Å². The Morgan fingerprint density at radius 1 is 1.20 bits per heavy atom. The van der Waals surface area contributed by atoms with Crippen LogP contribution < -0.4 is 9.47 Å². The van der Waals surface area contributed by atoms with Gasteiger partial charge in [-0.15, -0.1) is 12.3 Å². The van der Waals surface area contributed by atoms with Crippen molar-refractivity contribution in [2.45, 2.75) is 90.8 Å². The molecule has 0 bridgehead atoms. The van der Waals surface area contributed by atoms with E-state index >= 15 is 0 Å². The summed E-state index contributed by atoms with van der Waals surface area (Å²) in [5, 5.41) is 3.86. The van der Waals surface area contributed by atoms with Gasteiger partial charge >= 0.3 is 11.9 Å². The first kappa shape index (κ1) is 36.5. The number of benzene rings is 2. The molecule has 1 heterocycles. The van der Waals surface area contributed by atoms with E-state index in [-0.39, 0.29) is 37.2 Å². The molecule has 0 aliphatic carbocycles. The minimum absolute atomic E-state index is 0.0197. The van der Waals surface area contributed by atoms with E-state index in [1.165, 1.54) is 0 Å². The van der Waals surface area contributed by atoms with Gasteiger partial charge in [0.15, 0.2) is 8.32 Å². The van der Waals surface area contributed by atoms with Crippen LogP contribution in [0.25, 0.3) is 10.4 Å². The van der Waals surface area contributed by atoms with Crippen LogP contribution in [-0.2, 0) is 31.7 Å². The molecule has 0 saturated heterocycles. The molecule has 248 valence electrons. The van der Waals surface area contributed by atoms with Gasteiger partial charge in [-0.25, -0.2) is 4.79 Å². The number of hydrogen-bond donors (Lipinski definition) is 0. The number of esters is 2. The number of azide groups is 1. The highest BCUT2D eigenvalue weighted by Gasteiger charge is 2.39. The molecule has 0 saturated carbocycles. The molecule has 0 radical (unpaired) electrons. The summed E-state index contributed by atoms with van der Waals surface area (Å²) in [6.07, 6.45) is 6.07. The molecule has 2 aromatic carbocycles. The van der Waals surface area contributed by atoms with Crippen molar-refractivity contribution < 1.29 is 33.0 Å². The van der Waals surface area contributed by atoms with Crippen molar-refractivity contribution in [3.63, 3.8) is 0 Å². The van der Waals surface area contributed by atoms with Crippen LogP contribution in [0.1, 0.15) is 67.6 Å². The Bertz CT molecular complexity index is 1460. The van der Waals surface area contributed by atoms with E-state index in [0.717, 1.165) is 22.4 Å². The zero-order chi connectivity index (χ0) is 34.1. The predicted molar refractivity (Wildman–Crippen MR) is 179 cm³/mol. The third kappa shape index (κ3) is 9.52. The molecule has 11 heteroatoms. The van der Waals surface area contributed by atoms with Crippen molar-refractivity contribution in [2.24, 2.45) is 17.0 Å². The first-order valence-corrected chi connectivity index (χ1v) is 18.5. The van der Waals surface area contributed by atoms with Crippen molar-refractivity contribution in [3.05, 3.63) is 69.1 Å². The van der Waals surface area contributed by atoms with Crippen LogP contribution in [0, 0.1) is 31.1 Å². The fraction of sp³-hybridized carbons (Fsp3) is 0.543. The summed E-state index contributed by atoms with van der Waals surface area (Å²) >= 11 is 0. The molecule has 1 aliphatic rings. The number of terminal acetylenes is 1. The standard InChI is InChI=1S/C35H47N3O7Si/c1-10-11-27(21-44-46(8,9)35(4,5)6)33(39)43-22-28(37-38-36)18-24(3)30-19-26-15-12-23(2)32(31(26)34(40)45-30)42-20-25-13-16-29(41-7)17-14-25/h1,12-17,24,27-28,30H,11,18-22H2,2-9H3/t24-,27?,28?,30+/m0/s1. The van der Waals surface area contributed by atoms with Crippen molar-refractivity contribution in [1.82, 2.24) is 0 Å². The van der Waals surface area contributed by atoms with Gasteiger partial charge in [-0.05, 0) is 71.7 Å². The molecule has 0 aromatic heterocycles. The van der Waals surface area contributed by atoms with Crippen LogP contribution in [-0.4, -0.2) is 52.7 Å². The lowest BCUT2D eigenvalue weighted by molar-refractivity contribution is -0.150. The zero-order valence-corrected chi connectivity index (χ0v) is 29.3. The molecule has 0 amide bonds. The molecule has 4 atom stereocenters. The second-order valence-corrected chi connectivity index (χ2v) is 18.2. The highest BCUT2D eigenvalue weighted by atomic mass is 28.4. The SMILES string of the molecule is C#CCC(CO[Si](C)(C)C(C)(C)C)C(=O)OCC(C[C@H](C)[C@H]1Cc2ccc(C)c(OCc3ccc(OC)cc3)c2C(=O)O1)N=[N+]=[N-]. The normalized spacial score (nSPS) is 16.5. The Morgan fingerprint density at radius 3 is 2.50 bits per heavy atom. The molecular formula is C35H47N3O7Si. The topological polar surface area (TPSA) is 129 Å². The molecule has 0 fully saturated rings. The van der Waals surface area contributed by atoms with E-state index < -0.39 is 38.3 Å². The van der Waals surface area contributed by atoms with Crippen LogP contribution in [0.2, 0.25) is 18.1 Å². The molecule has 3 rings (SSSR count). The number of ether oxygens (including phenoxy) is 4. The highest BCUT2D eigenvalue weighted by molar-refractivity contribution is 6.74. The van der Waals surface area contributed by atoms with E-state index in [4.69, 9.17) is 29.8 Å². The van der Waals surface area contributed by atoms with Crippen LogP contribution in [0.4, 0.5) is 0 Å². The smallest absolute Gasteiger partial charge is 0.342 e. The van der Waals surface area contributed by atoms with Crippen LogP contribution in [0.5, 0.6) is 11.5 Å². The lowest BCUT2D eigenvalue weighted by atomic mass is 9.87. The molecule has 0 spiro atoms. The molecule has 10 nitrogen and oxygen atoms in total. The number of fused-ring (bicyclic) bond motifs is 1. The fourth-order valence-electron chi connectivity index (χ4n) is 4.93. The van der Waals surface area contributed by atoms with Crippen LogP contribution >= 0.6 is 0 Å². The molecule has 46 heavy (non-hydrogen) atoms. The second kappa shape index (κ2) is 16.0. The predicted octanol–water partition coefficient (Wildman–Crippen LogP) is 7.57. The largest absolute Gasteiger partial charge is 0.497 e. The van der Waals surface area contributed by atoms with Gasteiger partial charge in [-0.1, -0.05) is 57.1 Å². The van der Waals surface area contributed by atoms with Gasteiger partial charge in [0, 0.05) is 24.4 Å². The number of nitrogens with zero attached hydrogens (tertiary/aromatic N) is 3. The maximum atomic E-state index is 13.3. The number of carbonyl (C=O) groups is 2. The van der Waals surface area contributed by atoms with Crippen LogP contribution in [0.15, 0.2) is 41.5 Å². The average molecular weight is 650 g/mol. The van der Waals surface area contributed by atoms with Crippen molar-refractivity contribution in [3.8, 4) is 23.8 Å². The summed E-state index contributed by atoms with van der Waals surface area (Å²) in [5.41, 5.74) is 12.3. The van der Waals surface area contributed by atoms with Crippen molar-refractivity contribution in [1.29, 1.82) is 0 Å². The second-order valence-electron chi connectivity index (χ2n) is 13.4. The lowest BCUT2D eigenvalue weighted by Crippen LogP contribution is -2.43. The number of rotatable bonds is 15. The molecule has 2 unspecified atom stereocenters. The van der Waals surface area contributed by atoms with E-state index in [1.54, 1.807) is 7.11 Å². The van der Waals surface area contributed by atoms with E-state index in [2.05, 4.69) is 49.8 Å². The minimum atomic E-state index is -2.10. The van der Waals surface area contributed by atoms with Crippen LogP contribution in [0.3, 0.4) is 0 Å². The van der Waals surface area contributed by atoms with Gasteiger partial charge in [0.2, 0.25) is 0 Å². The van der Waals surface area contributed by atoms with Crippen molar-refractivity contribution in [2.75, 3.05) is 20.3 Å². The maximum Gasteiger partial charge on any atom is 0.342 e. The molecule has 1 aliphatic heterocycles. The third-order valence-corrected chi connectivity index (χ3v) is 13.4. The zero-order valence-electron chi connectivity index (χ0n) is 28.3. The lowest BCUT2D eigenvalue weighted by Gasteiger charge is -2.37. The quantitative estimate of drug-likeness (QED) is 0.0486. The van der Waals surface area contributed by atoms with Gasteiger partial charge in [-0.3, -0.25) is 4.79 Å². The molecular weight excluding hydrogens is 602 g/mol. The monoisotopic (exact) mass is 649 g/mol. The van der Waals surface area contributed by atoms with Gasteiger partial charge in [-0.2, -0.15) is 0 Å². The summed E-state index contributed by atoms with van der Waals surface area (Å²) in [6.45, 7) is 14.7. The summed E-state index contributed by atoms with van der Waals surface area (Å²) in [7, 11) is -0.486. The Kier molecular flexibility index (Phi) is 12.7. The highest BCUT2D eigenvalue weighted by Crippen LogP contribution is 2.37. The summed E-state index contributed by atoms with van der Waals surface area (Å²) in [4.78, 5) is 29.3. The number of aryl methyl sites for hydroxylation is 1. The Labute approximate surface area is 273 Å². The first-order chi connectivity index (χ1) is 21.7. The number of cyclic esters (lactones) is 1. The van der Waals surface area contributed by atoms with Gasteiger partial charge in [0.1, 0.15) is 29.8 Å². The Balaban J connectivity index is 1.64. The Hall–Kier alpha value is -3.97. The average Bonchev–Trinajstić information content (AvgIpc) is 3.01. The van der Waals surface area contributed by atoms with Gasteiger partial charge in [0.05, 0.1) is 25.7 Å². The first-order valence-electron chi connectivity index (χ1n) is 15.6. The van der Waals surface area contributed by atoms with E-state index in [9.17, 15) is 15.1 Å². The maximum absolute atomic E-state index is 13.3. The summed E-state index contributed by atoms with van der Waals surface area (Å²) in [6, 6.07) is 10.7. The van der Waals surface area contributed by atoms with Gasteiger partial charge < -0.3 is 23.4 Å². The minimum Gasteiger partial charge on any atom is -0.497 e. The number of carbonyl (C=O) groups excluding carboxylic acids is 2. The summed E-state index contributed by atoms with van der Waals surface area (Å²) < 4.78 is 29.1. The number of hydrogen-bond acceptors (Lipinski definition) is 8. The van der Waals surface area contributed by atoms with Gasteiger partial charge in [0.25, 0.3) is 0 Å². The Morgan fingerprint density at radius 2 is 1.89 bits per heavy atom. The fourth-order valence-corrected chi connectivity index (χ4v) is 5.98. The third-order valence-electron chi connectivity index (χ3n) is 8.93. The number of methoxy groups -OCH3 is 1. The molecule has 0 N–H and O–H groups in total.